The Bertz CT molecular complexity index is 613. The van der Waals surface area contributed by atoms with E-state index in [1.807, 2.05) is 0 Å². The van der Waals surface area contributed by atoms with E-state index in [4.69, 9.17) is 5.73 Å². The van der Waals surface area contributed by atoms with Crippen LogP contribution in [0.5, 0.6) is 0 Å². The number of nitrogens with one attached hydrogen (secondary N) is 1. The second-order valence-electron chi connectivity index (χ2n) is 5.99. The predicted molar refractivity (Wildman–Crippen MR) is 92.4 cm³/mol. The molecule has 1 unspecified atom stereocenters. The number of aromatic nitrogens is 1. The molecule has 0 spiro atoms. The largest absolute Gasteiger partial charge is 0.323 e. The molecule has 6 nitrogen and oxygen atoms in total. The number of nitrogens with zero attached hydrogens (tertiary/aromatic N) is 1. The zero-order valence-corrected chi connectivity index (χ0v) is 14.8. The third-order valence-electron chi connectivity index (χ3n) is 4.03. The number of nitrogens with two attached hydrogens (primary N) is 1. The maximum atomic E-state index is 12.1. The third kappa shape index (κ3) is 6.08. The van der Waals surface area contributed by atoms with Crippen molar-refractivity contribution in [3.63, 3.8) is 0 Å². The monoisotopic (exact) mass is 361 g/mol. The quantitative estimate of drug-likeness (QED) is 0.836. The summed E-state index contributed by atoms with van der Waals surface area (Å²) in [6.45, 7) is 0. The highest BCUT2D eigenvalue weighted by Crippen LogP contribution is 2.27. The van der Waals surface area contributed by atoms with Gasteiger partial charge in [-0.05, 0) is 24.5 Å². The van der Waals surface area contributed by atoms with E-state index < -0.39 is 15.9 Å². The molecular weight excluding hydrogens is 338 g/mol. The van der Waals surface area contributed by atoms with Crippen molar-refractivity contribution in [2.24, 2.45) is 11.7 Å². The molecule has 1 aromatic heterocycles. The van der Waals surface area contributed by atoms with Crippen molar-refractivity contribution in [1.29, 1.82) is 0 Å². The Balaban J connectivity index is 0.00000264. The molecule has 0 bridgehead atoms. The van der Waals surface area contributed by atoms with E-state index in [0.29, 0.717) is 18.0 Å². The van der Waals surface area contributed by atoms with Gasteiger partial charge in [0.2, 0.25) is 5.91 Å². The SMILES string of the molecule is CS(=O)(=O)c1ccc(NC(=O)C(N)CC2CCCCC2)cn1.Cl. The topological polar surface area (TPSA) is 102 Å². The minimum Gasteiger partial charge on any atom is -0.323 e. The molecule has 0 radical (unpaired) electrons. The summed E-state index contributed by atoms with van der Waals surface area (Å²) in [5.74, 6) is 0.278. The van der Waals surface area contributed by atoms with Crippen LogP contribution in [0.3, 0.4) is 0 Å². The number of carbonyl (C=O) groups is 1. The molecule has 1 fully saturated rings. The van der Waals surface area contributed by atoms with E-state index in [1.165, 1.54) is 37.6 Å². The molecule has 1 aliphatic carbocycles. The fourth-order valence-electron chi connectivity index (χ4n) is 2.80. The summed E-state index contributed by atoms with van der Waals surface area (Å²) in [7, 11) is -3.33. The Labute approximate surface area is 143 Å². The van der Waals surface area contributed by atoms with Gasteiger partial charge in [-0.15, -0.1) is 12.4 Å². The highest BCUT2D eigenvalue weighted by atomic mass is 35.5. The van der Waals surface area contributed by atoms with Crippen LogP contribution in [-0.2, 0) is 14.6 Å². The van der Waals surface area contributed by atoms with Gasteiger partial charge in [0.1, 0.15) is 0 Å². The van der Waals surface area contributed by atoms with Crippen LogP contribution in [0.2, 0.25) is 0 Å². The Morgan fingerprint density at radius 3 is 2.52 bits per heavy atom. The normalized spacial score (nSPS) is 17.1. The smallest absolute Gasteiger partial charge is 0.241 e. The van der Waals surface area contributed by atoms with E-state index in [9.17, 15) is 13.2 Å². The lowest BCUT2D eigenvalue weighted by molar-refractivity contribution is -0.117. The first-order valence-corrected chi connectivity index (χ1v) is 9.48. The molecule has 8 heteroatoms. The van der Waals surface area contributed by atoms with Gasteiger partial charge in [-0.25, -0.2) is 13.4 Å². The fraction of sp³-hybridized carbons (Fsp3) is 0.600. The number of pyridine rings is 1. The molecule has 1 atom stereocenters. The number of halogens is 1. The van der Waals surface area contributed by atoms with E-state index in [-0.39, 0.29) is 23.3 Å². The van der Waals surface area contributed by atoms with Gasteiger partial charge in [-0.3, -0.25) is 4.79 Å². The molecule has 1 aliphatic rings. The van der Waals surface area contributed by atoms with Gasteiger partial charge in [0.25, 0.3) is 0 Å². The molecule has 130 valence electrons. The average molecular weight is 362 g/mol. The Kier molecular flexibility index (Phi) is 7.44. The van der Waals surface area contributed by atoms with Gasteiger partial charge in [0.05, 0.1) is 17.9 Å². The standard InChI is InChI=1S/C15H23N3O3S.ClH/c1-22(20,21)14-8-7-12(10-17-14)18-15(19)13(16)9-11-5-3-2-4-6-11;/h7-8,10-11,13H,2-6,9,16H2,1H3,(H,18,19);1H. The molecule has 1 heterocycles. The molecule has 23 heavy (non-hydrogen) atoms. The van der Waals surface area contributed by atoms with Crippen LogP contribution in [0.1, 0.15) is 38.5 Å². The number of anilines is 1. The number of hydrogen-bond acceptors (Lipinski definition) is 5. The van der Waals surface area contributed by atoms with E-state index in [2.05, 4.69) is 10.3 Å². The summed E-state index contributed by atoms with van der Waals surface area (Å²) in [6, 6.07) is 2.35. The van der Waals surface area contributed by atoms with Crippen LogP contribution >= 0.6 is 12.4 Å². The minimum absolute atomic E-state index is 0. The first-order valence-electron chi connectivity index (χ1n) is 7.59. The van der Waals surface area contributed by atoms with E-state index >= 15 is 0 Å². The summed E-state index contributed by atoms with van der Waals surface area (Å²) >= 11 is 0. The molecule has 0 aromatic carbocycles. The van der Waals surface area contributed by atoms with Crippen LogP contribution in [0.15, 0.2) is 23.4 Å². The Hall–Kier alpha value is -1.18. The van der Waals surface area contributed by atoms with Crippen LogP contribution in [0.4, 0.5) is 5.69 Å². The first kappa shape index (κ1) is 19.9. The van der Waals surface area contributed by atoms with Crippen molar-refractivity contribution >= 4 is 33.8 Å². The number of carbonyl (C=O) groups excluding carboxylic acids is 1. The van der Waals surface area contributed by atoms with Crippen molar-refractivity contribution in [2.45, 2.75) is 49.6 Å². The Morgan fingerprint density at radius 1 is 1.35 bits per heavy atom. The molecule has 1 saturated carbocycles. The van der Waals surface area contributed by atoms with Gasteiger partial charge in [0.15, 0.2) is 14.9 Å². The molecule has 1 amide bonds. The maximum Gasteiger partial charge on any atom is 0.241 e. The van der Waals surface area contributed by atoms with Crippen molar-refractivity contribution in [2.75, 3.05) is 11.6 Å². The minimum atomic E-state index is -3.33. The van der Waals surface area contributed by atoms with Gasteiger partial charge in [-0.1, -0.05) is 32.1 Å². The second-order valence-corrected chi connectivity index (χ2v) is 7.96. The number of hydrogen-bond donors (Lipinski definition) is 2. The zero-order chi connectivity index (χ0) is 16.2. The summed E-state index contributed by atoms with van der Waals surface area (Å²) < 4.78 is 22.7. The van der Waals surface area contributed by atoms with Crippen LogP contribution in [0, 0.1) is 5.92 Å². The van der Waals surface area contributed by atoms with Crippen molar-refractivity contribution < 1.29 is 13.2 Å². The number of rotatable bonds is 5. The predicted octanol–water partition coefficient (Wildman–Crippen LogP) is 2.14. The van der Waals surface area contributed by atoms with Gasteiger partial charge in [-0.2, -0.15) is 0 Å². The van der Waals surface area contributed by atoms with E-state index in [1.54, 1.807) is 0 Å². The van der Waals surface area contributed by atoms with Crippen LogP contribution < -0.4 is 11.1 Å². The summed E-state index contributed by atoms with van der Waals surface area (Å²) in [6.07, 6.45) is 9.12. The van der Waals surface area contributed by atoms with Gasteiger partial charge < -0.3 is 11.1 Å². The third-order valence-corrected chi connectivity index (χ3v) is 5.03. The lowest BCUT2D eigenvalue weighted by atomic mass is 9.85. The van der Waals surface area contributed by atoms with E-state index in [0.717, 1.165) is 19.1 Å². The molecule has 0 aliphatic heterocycles. The Morgan fingerprint density at radius 2 is 2.00 bits per heavy atom. The molecule has 0 saturated heterocycles. The zero-order valence-electron chi connectivity index (χ0n) is 13.2. The summed E-state index contributed by atoms with van der Waals surface area (Å²) in [5.41, 5.74) is 6.42. The molecule has 2 rings (SSSR count). The lowest BCUT2D eigenvalue weighted by Crippen LogP contribution is -2.37. The number of amides is 1. The van der Waals surface area contributed by atoms with Gasteiger partial charge >= 0.3 is 0 Å². The number of sulfone groups is 1. The highest BCUT2D eigenvalue weighted by Gasteiger charge is 2.21. The molecule has 1 aromatic rings. The highest BCUT2D eigenvalue weighted by molar-refractivity contribution is 7.90. The maximum absolute atomic E-state index is 12.1. The first-order chi connectivity index (χ1) is 10.4. The van der Waals surface area contributed by atoms with Gasteiger partial charge in [0, 0.05) is 6.26 Å². The van der Waals surface area contributed by atoms with Crippen LogP contribution in [-0.4, -0.2) is 31.6 Å². The molecular formula is C15H24ClN3O3S. The van der Waals surface area contributed by atoms with Crippen molar-refractivity contribution in [1.82, 2.24) is 4.98 Å². The van der Waals surface area contributed by atoms with Crippen molar-refractivity contribution in [3.8, 4) is 0 Å². The second kappa shape index (κ2) is 8.61. The van der Waals surface area contributed by atoms with Crippen molar-refractivity contribution in [3.05, 3.63) is 18.3 Å². The lowest BCUT2D eigenvalue weighted by Gasteiger charge is -2.24. The average Bonchev–Trinajstić information content (AvgIpc) is 2.48. The van der Waals surface area contributed by atoms with Crippen LogP contribution in [0.25, 0.3) is 0 Å². The summed E-state index contributed by atoms with van der Waals surface area (Å²) in [4.78, 5) is 15.9. The summed E-state index contributed by atoms with van der Waals surface area (Å²) in [5, 5.41) is 2.67. The fourth-order valence-corrected chi connectivity index (χ4v) is 3.36. The molecule has 3 N–H and O–H groups in total.